The molecule has 0 aliphatic carbocycles. The van der Waals surface area contributed by atoms with Crippen LogP contribution in [0.4, 0.5) is 11.4 Å². The topological polar surface area (TPSA) is 108 Å². The van der Waals surface area contributed by atoms with Gasteiger partial charge in [-0.15, -0.1) is 0 Å². The van der Waals surface area contributed by atoms with Gasteiger partial charge >= 0.3 is 5.69 Å². The number of nitro groups is 1. The van der Waals surface area contributed by atoms with Crippen molar-refractivity contribution in [1.82, 2.24) is 4.98 Å². The lowest BCUT2D eigenvalue weighted by Gasteiger charge is -2.10. The SMILES string of the molecule is Cc1ccc2oc(-c3ccccc3NC(=O)COc3ccccc3[N+](=O)[O-])nc2c1. The van der Waals surface area contributed by atoms with Crippen molar-refractivity contribution in [3.05, 3.63) is 82.4 Å². The Hall–Kier alpha value is -4.20. The Balaban J connectivity index is 1.53. The first-order chi connectivity index (χ1) is 14.5. The van der Waals surface area contributed by atoms with Crippen LogP contribution in [0.15, 0.2) is 71.1 Å². The van der Waals surface area contributed by atoms with Crippen molar-refractivity contribution < 1.29 is 18.9 Å². The van der Waals surface area contributed by atoms with Crippen LogP contribution in [0.2, 0.25) is 0 Å². The number of carbonyl (C=O) groups excluding carboxylic acids is 1. The minimum Gasteiger partial charge on any atom is -0.477 e. The van der Waals surface area contributed by atoms with Gasteiger partial charge in [0.05, 0.1) is 16.2 Å². The number of aromatic nitrogens is 1. The minimum atomic E-state index is -0.558. The van der Waals surface area contributed by atoms with E-state index in [-0.39, 0.29) is 18.0 Å². The molecule has 30 heavy (non-hydrogen) atoms. The van der Waals surface area contributed by atoms with Crippen LogP contribution in [-0.2, 0) is 4.79 Å². The van der Waals surface area contributed by atoms with Crippen molar-refractivity contribution in [2.24, 2.45) is 0 Å². The fourth-order valence-electron chi connectivity index (χ4n) is 2.99. The molecule has 0 aliphatic heterocycles. The molecular formula is C22H17N3O5. The number of hydrogen-bond acceptors (Lipinski definition) is 6. The number of carbonyl (C=O) groups is 1. The van der Waals surface area contributed by atoms with Crippen LogP contribution >= 0.6 is 0 Å². The van der Waals surface area contributed by atoms with E-state index in [0.29, 0.717) is 22.7 Å². The lowest BCUT2D eigenvalue weighted by molar-refractivity contribution is -0.385. The summed E-state index contributed by atoms with van der Waals surface area (Å²) < 4.78 is 11.2. The lowest BCUT2D eigenvalue weighted by Crippen LogP contribution is -2.20. The molecule has 0 atom stereocenters. The zero-order chi connectivity index (χ0) is 21.1. The molecule has 1 amide bonds. The average molecular weight is 403 g/mol. The predicted molar refractivity (Wildman–Crippen MR) is 111 cm³/mol. The van der Waals surface area contributed by atoms with Gasteiger partial charge in [-0.3, -0.25) is 14.9 Å². The van der Waals surface area contributed by atoms with E-state index >= 15 is 0 Å². The first kappa shape index (κ1) is 19.1. The van der Waals surface area contributed by atoms with E-state index in [1.54, 1.807) is 24.3 Å². The van der Waals surface area contributed by atoms with Gasteiger partial charge in [0.25, 0.3) is 5.91 Å². The number of nitrogens with one attached hydrogen (secondary N) is 1. The van der Waals surface area contributed by atoms with Crippen LogP contribution in [0.3, 0.4) is 0 Å². The molecule has 8 nitrogen and oxygen atoms in total. The smallest absolute Gasteiger partial charge is 0.310 e. The van der Waals surface area contributed by atoms with E-state index in [4.69, 9.17) is 9.15 Å². The Morgan fingerprint density at radius 2 is 1.90 bits per heavy atom. The van der Waals surface area contributed by atoms with E-state index in [1.807, 2.05) is 31.2 Å². The average Bonchev–Trinajstić information content (AvgIpc) is 3.15. The number of nitro benzene ring substituents is 1. The zero-order valence-electron chi connectivity index (χ0n) is 16.0. The van der Waals surface area contributed by atoms with Crippen LogP contribution in [0.1, 0.15) is 5.56 Å². The molecule has 0 saturated heterocycles. The highest BCUT2D eigenvalue weighted by molar-refractivity contribution is 5.96. The molecule has 4 rings (SSSR count). The lowest BCUT2D eigenvalue weighted by atomic mass is 10.1. The summed E-state index contributed by atoms with van der Waals surface area (Å²) in [5, 5.41) is 13.8. The quantitative estimate of drug-likeness (QED) is 0.368. The van der Waals surface area contributed by atoms with Crippen LogP contribution < -0.4 is 10.1 Å². The van der Waals surface area contributed by atoms with Gasteiger partial charge in [-0.2, -0.15) is 0 Å². The molecule has 0 radical (unpaired) electrons. The molecule has 1 N–H and O–H groups in total. The van der Waals surface area contributed by atoms with E-state index in [9.17, 15) is 14.9 Å². The Bertz CT molecular complexity index is 1250. The molecule has 0 aliphatic rings. The maximum Gasteiger partial charge on any atom is 0.310 e. The predicted octanol–water partition coefficient (Wildman–Crippen LogP) is 4.73. The third kappa shape index (κ3) is 3.97. The number of nitrogens with zero attached hydrogens (tertiary/aromatic N) is 2. The number of amides is 1. The molecule has 0 unspecified atom stereocenters. The van der Waals surface area contributed by atoms with Crippen LogP contribution in [0.25, 0.3) is 22.6 Å². The first-order valence-corrected chi connectivity index (χ1v) is 9.14. The monoisotopic (exact) mass is 403 g/mol. The number of anilines is 1. The Morgan fingerprint density at radius 1 is 1.13 bits per heavy atom. The molecule has 1 aromatic heterocycles. The highest BCUT2D eigenvalue weighted by Gasteiger charge is 2.17. The standard InChI is InChI=1S/C22H17N3O5/c1-14-10-11-19-17(12-14)24-22(30-19)15-6-2-3-7-16(15)23-21(26)13-29-20-9-5-4-8-18(20)25(27)28/h2-12H,13H2,1H3,(H,23,26). The summed E-state index contributed by atoms with van der Waals surface area (Å²) in [6.45, 7) is 1.59. The first-order valence-electron chi connectivity index (χ1n) is 9.14. The van der Waals surface area contributed by atoms with Gasteiger partial charge < -0.3 is 14.5 Å². The van der Waals surface area contributed by atoms with Gasteiger partial charge in [0.2, 0.25) is 5.89 Å². The summed E-state index contributed by atoms with van der Waals surface area (Å²) in [7, 11) is 0. The number of aryl methyl sites for hydroxylation is 1. The second-order valence-corrected chi connectivity index (χ2v) is 6.60. The Morgan fingerprint density at radius 3 is 2.73 bits per heavy atom. The van der Waals surface area contributed by atoms with Crippen LogP contribution in [-0.4, -0.2) is 22.4 Å². The third-order valence-electron chi connectivity index (χ3n) is 4.40. The molecule has 8 heteroatoms. The third-order valence-corrected chi connectivity index (χ3v) is 4.40. The molecule has 0 bridgehead atoms. The second-order valence-electron chi connectivity index (χ2n) is 6.60. The molecule has 150 valence electrons. The molecular weight excluding hydrogens is 386 g/mol. The maximum atomic E-state index is 12.4. The fraction of sp³-hybridized carbons (Fsp3) is 0.0909. The highest BCUT2D eigenvalue weighted by Crippen LogP contribution is 2.30. The summed E-state index contributed by atoms with van der Waals surface area (Å²) in [6.07, 6.45) is 0. The van der Waals surface area contributed by atoms with Crippen molar-refractivity contribution in [2.75, 3.05) is 11.9 Å². The van der Waals surface area contributed by atoms with Crippen LogP contribution in [0, 0.1) is 17.0 Å². The van der Waals surface area contributed by atoms with Crippen molar-refractivity contribution in [2.45, 2.75) is 6.92 Å². The Kier molecular flexibility index (Phi) is 5.13. The summed E-state index contributed by atoms with van der Waals surface area (Å²) in [5.41, 5.74) is 3.35. The number of rotatable bonds is 6. The summed E-state index contributed by atoms with van der Waals surface area (Å²) >= 11 is 0. The van der Waals surface area contributed by atoms with Gasteiger partial charge in [0, 0.05) is 6.07 Å². The highest BCUT2D eigenvalue weighted by atomic mass is 16.6. The maximum absolute atomic E-state index is 12.4. The number of oxazole rings is 1. The number of hydrogen-bond donors (Lipinski definition) is 1. The fourth-order valence-corrected chi connectivity index (χ4v) is 2.99. The number of benzene rings is 3. The Labute approximate surface area is 171 Å². The molecule has 1 heterocycles. The summed E-state index contributed by atoms with van der Waals surface area (Å²) in [4.78, 5) is 27.4. The minimum absolute atomic E-state index is 0.0280. The van der Waals surface area contributed by atoms with E-state index in [1.165, 1.54) is 18.2 Å². The largest absolute Gasteiger partial charge is 0.477 e. The molecule has 3 aromatic carbocycles. The molecule has 0 fully saturated rings. The number of ether oxygens (including phenoxy) is 1. The molecule has 0 spiro atoms. The van der Waals surface area contributed by atoms with Gasteiger partial charge in [-0.25, -0.2) is 4.98 Å². The summed E-state index contributed by atoms with van der Waals surface area (Å²) in [5.74, 6) is -0.0565. The van der Waals surface area contributed by atoms with Crippen molar-refractivity contribution in [3.63, 3.8) is 0 Å². The molecule has 4 aromatic rings. The van der Waals surface area contributed by atoms with Crippen molar-refractivity contribution in [1.29, 1.82) is 0 Å². The second kappa shape index (κ2) is 8.04. The van der Waals surface area contributed by atoms with Crippen molar-refractivity contribution >= 4 is 28.4 Å². The number of para-hydroxylation sites is 3. The van der Waals surface area contributed by atoms with Gasteiger partial charge in [0.15, 0.2) is 17.9 Å². The van der Waals surface area contributed by atoms with E-state index < -0.39 is 10.8 Å². The van der Waals surface area contributed by atoms with E-state index in [2.05, 4.69) is 10.3 Å². The van der Waals surface area contributed by atoms with Crippen LogP contribution in [0.5, 0.6) is 5.75 Å². The van der Waals surface area contributed by atoms with Crippen molar-refractivity contribution in [3.8, 4) is 17.2 Å². The zero-order valence-corrected chi connectivity index (χ0v) is 16.0. The summed E-state index contributed by atoms with van der Waals surface area (Å²) in [6, 6.07) is 18.7. The normalized spacial score (nSPS) is 10.7. The molecule has 0 saturated carbocycles. The van der Waals surface area contributed by atoms with E-state index in [0.717, 1.165) is 11.1 Å². The van der Waals surface area contributed by atoms with Gasteiger partial charge in [-0.1, -0.05) is 30.3 Å². The van der Waals surface area contributed by atoms with Gasteiger partial charge in [0.1, 0.15) is 5.52 Å². The number of fused-ring (bicyclic) bond motifs is 1. The van der Waals surface area contributed by atoms with Gasteiger partial charge in [-0.05, 0) is 42.8 Å².